The molecule has 1 aromatic carbocycles. The first-order chi connectivity index (χ1) is 12.8. The molecular formula is C21H30N4O. The Morgan fingerprint density at radius 1 is 1.19 bits per heavy atom. The average Bonchev–Trinajstić information content (AvgIpc) is 3.17. The van der Waals surface area contributed by atoms with Crippen LogP contribution in [0.25, 0.3) is 10.9 Å². The molecule has 2 unspecified atom stereocenters. The fourth-order valence-corrected chi connectivity index (χ4v) is 4.57. The molecule has 2 aromatic rings. The van der Waals surface area contributed by atoms with Gasteiger partial charge in [0.2, 0.25) is 0 Å². The van der Waals surface area contributed by atoms with Gasteiger partial charge in [-0.1, -0.05) is 31.5 Å². The van der Waals surface area contributed by atoms with E-state index < -0.39 is 0 Å². The molecule has 2 aliphatic heterocycles. The largest absolute Gasteiger partial charge is 0.494 e. The Kier molecular flexibility index (Phi) is 5.38. The summed E-state index contributed by atoms with van der Waals surface area (Å²) in [6.45, 7) is 6.66. The molecule has 2 fully saturated rings. The van der Waals surface area contributed by atoms with E-state index in [1.54, 1.807) is 7.11 Å². The summed E-state index contributed by atoms with van der Waals surface area (Å²) < 4.78 is 5.48. The van der Waals surface area contributed by atoms with Crippen LogP contribution >= 0.6 is 0 Å². The lowest BCUT2D eigenvalue weighted by Gasteiger charge is -2.36. The van der Waals surface area contributed by atoms with Gasteiger partial charge in [0.1, 0.15) is 11.3 Å². The molecule has 2 aliphatic rings. The van der Waals surface area contributed by atoms with Crippen LogP contribution in [0.15, 0.2) is 30.3 Å². The van der Waals surface area contributed by atoms with Crippen LogP contribution in [0.4, 0.5) is 0 Å². The van der Waals surface area contributed by atoms with Gasteiger partial charge in [-0.05, 0) is 49.9 Å². The monoisotopic (exact) mass is 354 g/mol. The van der Waals surface area contributed by atoms with Gasteiger partial charge in [0, 0.05) is 24.5 Å². The maximum absolute atomic E-state index is 5.48. The van der Waals surface area contributed by atoms with Crippen molar-refractivity contribution in [2.24, 2.45) is 11.8 Å². The summed E-state index contributed by atoms with van der Waals surface area (Å²) in [6.07, 6.45) is 3.80. The number of benzene rings is 1. The van der Waals surface area contributed by atoms with E-state index >= 15 is 0 Å². The SMILES string of the molecule is CCC1CNNC1C1CCN(Cc2ccc3cccc(OC)c3n2)CC1. The highest BCUT2D eigenvalue weighted by Gasteiger charge is 2.34. The van der Waals surface area contributed by atoms with Crippen LogP contribution in [0.3, 0.4) is 0 Å². The number of hydrogen-bond donors (Lipinski definition) is 2. The summed E-state index contributed by atoms with van der Waals surface area (Å²) >= 11 is 0. The van der Waals surface area contributed by atoms with Crippen molar-refractivity contribution < 1.29 is 4.74 Å². The summed E-state index contributed by atoms with van der Waals surface area (Å²) in [5.41, 5.74) is 8.99. The van der Waals surface area contributed by atoms with Crippen LogP contribution in [0, 0.1) is 11.8 Å². The van der Waals surface area contributed by atoms with Crippen LogP contribution in [0.5, 0.6) is 5.75 Å². The number of ether oxygens (including phenoxy) is 1. The van der Waals surface area contributed by atoms with Crippen molar-refractivity contribution in [3.8, 4) is 5.75 Å². The third kappa shape index (κ3) is 3.56. The van der Waals surface area contributed by atoms with Crippen molar-refractivity contribution in [1.82, 2.24) is 20.7 Å². The molecule has 0 bridgehead atoms. The molecule has 0 aliphatic carbocycles. The zero-order chi connectivity index (χ0) is 17.9. The number of rotatable bonds is 5. The van der Waals surface area contributed by atoms with E-state index in [0.29, 0.717) is 6.04 Å². The van der Waals surface area contributed by atoms with Gasteiger partial charge in [-0.15, -0.1) is 0 Å². The summed E-state index contributed by atoms with van der Waals surface area (Å²) in [5.74, 6) is 2.42. The van der Waals surface area contributed by atoms with E-state index in [1.165, 1.54) is 19.3 Å². The summed E-state index contributed by atoms with van der Waals surface area (Å²) in [6, 6.07) is 11.0. The Morgan fingerprint density at radius 2 is 2.04 bits per heavy atom. The second kappa shape index (κ2) is 7.91. The highest BCUT2D eigenvalue weighted by Crippen LogP contribution is 2.29. The predicted octanol–water partition coefficient (Wildman–Crippen LogP) is 2.96. The zero-order valence-corrected chi connectivity index (χ0v) is 15.9. The Hall–Kier alpha value is -1.69. The lowest BCUT2D eigenvalue weighted by Crippen LogP contribution is -2.44. The van der Waals surface area contributed by atoms with Gasteiger partial charge in [-0.25, -0.2) is 4.98 Å². The second-order valence-electron chi connectivity index (χ2n) is 7.67. The van der Waals surface area contributed by atoms with E-state index in [9.17, 15) is 0 Å². The van der Waals surface area contributed by atoms with Gasteiger partial charge in [0.25, 0.3) is 0 Å². The van der Waals surface area contributed by atoms with Crippen molar-refractivity contribution in [2.45, 2.75) is 38.8 Å². The number of piperidine rings is 1. The van der Waals surface area contributed by atoms with Crippen molar-refractivity contribution in [1.29, 1.82) is 0 Å². The lowest BCUT2D eigenvalue weighted by molar-refractivity contribution is 0.142. The number of fused-ring (bicyclic) bond motifs is 1. The topological polar surface area (TPSA) is 49.4 Å². The second-order valence-corrected chi connectivity index (χ2v) is 7.67. The highest BCUT2D eigenvalue weighted by molar-refractivity contribution is 5.84. The molecule has 4 rings (SSSR count). The molecule has 5 heteroatoms. The molecule has 3 heterocycles. The summed E-state index contributed by atoms with van der Waals surface area (Å²) in [5, 5.41) is 1.14. The Labute approximate surface area is 156 Å². The van der Waals surface area contributed by atoms with Gasteiger partial charge >= 0.3 is 0 Å². The first kappa shape index (κ1) is 17.7. The van der Waals surface area contributed by atoms with E-state index in [4.69, 9.17) is 9.72 Å². The zero-order valence-electron chi connectivity index (χ0n) is 15.9. The maximum Gasteiger partial charge on any atom is 0.145 e. The Bertz CT molecular complexity index is 742. The maximum atomic E-state index is 5.48. The minimum absolute atomic E-state index is 0.644. The van der Waals surface area contributed by atoms with E-state index in [0.717, 1.165) is 60.4 Å². The molecule has 0 saturated carbocycles. The van der Waals surface area contributed by atoms with Gasteiger partial charge < -0.3 is 4.74 Å². The number of nitrogens with zero attached hydrogens (tertiary/aromatic N) is 2. The van der Waals surface area contributed by atoms with E-state index in [-0.39, 0.29) is 0 Å². The van der Waals surface area contributed by atoms with Crippen LogP contribution in [0.1, 0.15) is 31.9 Å². The molecule has 0 amide bonds. The van der Waals surface area contributed by atoms with E-state index in [2.05, 4.69) is 40.9 Å². The van der Waals surface area contributed by atoms with Crippen molar-refractivity contribution in [3.05, 3.63) is 36.0 Å². The number of hydrogen-bond acceptors (Lipinski definition) is 5. The van der Waals surface area contributed by atoms with E-state index in [1.807, 2.05) is 12.1 Å². The quantitative estimate of drug-likeness (QED) is 0.865. The molecule has 5 nitrogen and oxygen atoms in total. The lowest BCUT2D eigenvalue weighted by atomic mass is 9.82. The Balaban J connectivity index is 1.39. The standard InChI is InChI=1S/C21H30N4O/c1-3-15-13-22-24-20(15)17-9-11-25(12-10-17)14-18-8-7-16-5-4-6-19(26-2)21(16)23-18/h4-8,15,17,20,22,24H,3,9-14H2,1-2H3. The number of methoxy groups -OCH3 is 1. The number of pyridine rings is 1. The fourth-order valence-electron chi connectivity index (χ4n) is 4.57. The van der Waals surface area contributed by atoms with Crippen LogP contribution < -0.4 is 15.6 Å². The smallest absolute Gasteiger partial charge is 0.145 e. The van der Waals surface area contributed by atoms with Crippen LogP contribution in [0.2, 0.25) is 0 Å². The molecular weight excluding hydrogens is 324 g/mol. The predicted molar refractivity (Wildman–Crippen MR) is 105 cm³/mol. The molecule has 140 valence electrons. The van der Waals surface area contributed by atoms with Crippen molar-refractivity contribution in [3.63, 3.8) is 0 Å². The van der Waals surface area contributed by atoms with Gasteiger partial charge in [-0.2, -0.15) is 0 Å². The summed E-state index contributed by atoms with van der Waals surface area (Å²) in [4.78, 5) is 7.42. The third-order valence-corrected chi connectivity index (χ3v) is 6.15. The highest BCUT2D eigenvalue weighted by atomic mass is 16.5. The fraction of sp³-hybridized carbons (Fsp3) is 0.571. The number of para-hydroxylation sites is 1. The van der Waals surface area contributed by atoms with Crippen molar-refractivity contribution in [2.75, 3.05) is 26.7 Å². The molecule has 1 aromatic heterocycles. The number of hydrazine groups is 1. The molecule has 26 heavy (non-hydrogen) atoms. The molecule has 0 radical (unpaired) electrons. The van der Waals surface area contributed by atoms with Gasteiger partial charge in [0.15, 0.2) is 0 Å². The van der Waals surface area contributed by atoms with Crippen LogP contribution in [-0.4, -0.2) is 42.7 Å². The normalized spacial score (nSPS) is 25.0. The third-order valence-electron chi connectivity index (χ3n) is 6.15. The van der Waals surface area contributed by atoms with Crippen molar-refractivity contribution >= 4 is 10.9 Å². The summed E-state index contributed by atoms with van der Waals surface area (Å²) in [7, 11) is 1.71. The molecule has 2 atom stereocenters. The Morgan fingerprint density at radius 3 is 2.81 bits per heavy atom. The molecule has 0 spiro atoms. The molecule has 2 saturated heterocycles. The number of likely N-dealkylation sites (tertiary alicyclic amines) is 1. The average molecular weight is 354 g/mol. The van der Waals surface area contributed by atoms with Crippen LogP contribution in [-0.2, 0) is 6.54 Å². The first-order valence-corrected chi connectivity index (χ1v) is 9.92. The van der Waals surface area contributed by atoms with Gasteiger partial charge in [0.05, 0.1) is 12.8 Å². The number of aromatic nitrogens is 1. The number of nitrogens with one attached hydrogen (secondary N) is 2. The first-order valence-electron chi connectivity index (χ1n) is 9.92. The minimum atomic E-state index is 0.644. The minimum Gasteiger partial charge on any atom is -0.494 e. The van der Waals surface area contributed by atoms with Gasteiger partial charge in [-0.3, -0.25) is 15.8 Å². The molecule has 2 N–H and O–H groups in total.